The number of hydrogen-bond acceptors (Lipinski definition) is 19. The Balaban J connectivity index is 0.000000147. The molecule has 0 spiro atoms. The van der Waals surface area contributed by atoms with E-state index in [-0.39, 0.29) is 44.8 Å². The molecule has 0 fully saturated rings. The lowest BCUT2D eigenvalue weighted by Crippen LogP contribution is -2.33. The van der Waals surface area contributed by atoms with Crippen LogP contribution in [0.3, 0.4) is 0 Å². The normalized spacial score (nSPS) is 11.7. The third-order valence-electron chi connectivity index (χ3n) is 17.7. The van der Waals surface area contributed by atoms with Gasteiger partial charge < -0.3 is 31.9 Å². The van der Waals surface area contributed by atoms with E-state index < -0.39 is 36.6 Å². The lowest BCUT2D eigenvalue weighted by Gasteiger charge is -2.17. The summed E-state index contributed by atoms with van der Waals surface area (Å²) in [6, 6.07) is 73.0. The SMILES string of the molecule is CN(c1ccc(C(=O)Nc2ccc(Cl)c(-c3ccccn3)c2)c(Cl)c1)S(C)(=O)=O.O=C(Nc1ccc(Cl)c(-c2ccccn2)c1)c1ccc(CNC2=NCCN2)cc1.O=C(Nc1ccc(Cl)c(-c2ccccn2)c1)c1ccc(CS(=O)(=O)c2ccccn2)cc1.O=C(Nc1ccc(Cl)c(-c2ccccn2)c1)c1ccc(CS(=O)c2ncn[nH]2)cc1. The molecule has 1 aliphatic rings. The van der Waals surface area contributed by atoms with Crippen LogP contribution in [-0.4, -0.2) is 117 Å². The van der Waals surface area contributed by atoms with Crippen molar-refractivity contribution in [3.8, 4) is 45.0 Å². The monoisotopic (exact) mass is 1750 g/mol. The topological polar surface area (TPSA) is 347 Å². The molecule has 1 unspecified atom stereocenters. The van der Waals surface area contributed by atoms with Crippen molar-refractivity contribution in [2.24, 2.45) is 4.99 Å². The molecule has 33 heteroatoms. The van der Waals surface area contributed by atoms with Gasteiger partial charge in [-0.05, 0) is 205 Å². The molecule has 0 saturated heterocycles. The molecule has 606 valence electrons. The summed E-state index contributed by atoms with van der Waals surface area (Å²) in [5, 5.41) is 26.7. The smallest absolute Gasteiger partial charge is 0.257 e. The van der Waals surface area contributed by atoms with Gasteiger partial charge in [-0.2, -0.15) is 5.10 Å². The molecule has 6 aromatic heterocycles. The van der Waals surface area contributed by atoms with Crippen molar-refractivity contribution in [2.45, 2.75) is 28.2 Å². The number of rotatable bonds is 22. The van der Waals surface area contributed by atoms with Crippen molar-refractivity contribution in [1.82, 2.24) is 50.7 Å². The highest BCUT2D eigenvalue weighted by Gasteiger charge is 2.22. The van der Waals surface area contributed by atoms with Crippen LogP contribution in [0.5, 0.6) is 0 Å². The molecule has 0 saturated carbocycles. The second-order valence-electron chi connectivity index (χ2n) is 26.2. The highest BCUT2D eigenvalue weighted by Crippen LogP contribution is 2.35. The lowest BCUT2D eigenvalue weighted by atomic mass is 10.1. The van der Waals surface area contributed by atoms with E-state index in [4.69, 9.17) is 58.0 Å². The summed E-state index contributed by atoms with van der Waals surface area (Å²) in [4.78, 5) is 79.9. The molecule has 7 N–H and O–H groups in total. The molecular weight excluding hydrogens is 1690 g/mol. The number of carbonyl (C=O) groups is 4. The summed E-state index contributed by atoms with van der Waals surface area (Å²) in [5.41, 5.74) is 12.6. The van der Waals surface area contributed by atoms with Crippen LogP contribution in [0, 0.1) is 0 Å². The van der Waals surface area contributed by atoms with Crippen LogP contribution in [0.2, 0.25) is 25.1 Å². The van der Waals surface area contributed by atoms with Crippen LogP contribution in [0.25, 0.3) is 45.0 Å². The number of aromatic nitrogens is 8. The third kappa shape index (κ3) is 23.9. The predicted octanol–water partition coefficient (Wildman–Crippen LogP) is 17.5. The zero-order valence-corrected chi connectivity index (χ0v) is 69.8. The number of anilines is 5. The standard InChI is InChI=1S/C24H18ClN3O3S.C22H20ClN5O.C21H16ClN5O2S.C20H17Cl2N3O3S/c25-21-12-11-19(15-20(21)22-5-1-3-13-26-22)28-24(29)18-9-7-17(8-10-18)16-32(30,31)23-6-2-4-14-27-23;23-19-9-8-17(13-18(19)20-3-1-2-10-24-20)28-21(29)16-6-4-15(5-7-16)14-27-22-25-11-12-26-22;22-18-9-8-16(11-17(18)19-3-1-2-10-23-19)26-20(28)15-6-4-14(5-7-15)12-30(29)21-24-13-25-27-21;1-25(29(2,27)28)14-7-8-15(18(22)12-14)20(26)24-13-6-9-17(21)16(11-13)19-5-3-4-10-23-19/h1-15H,16H2,(H,28,29);1-10,13H,11-12,14H2,(H,28,29)(H2,25,26,27);1-11,13H,12H2,(H,26,28)(H,24,25,27);3-12H,1-2H3,(H,24,26). The number of sulfone groups is 1. The van der Waals surface area contributed by atoms with Crippen molar-refractivity contribution in [3.05, 3.63) is 356 Å². The van der Waals surface area contributed by atoms with Crippen LogP contribution in [-0.2, 0) is 48.7 Å². The Morgan fingerprint density at radius 3 is 1.20 bits per heavy atom. The quantitative estimate of drug-likeness (QED) is 0.0331. The van der Waals surface area contributed by atoms with Crippen LogP contribution in [0.1, 0.15) is 58.1 Å². The number of hydrogen-bond donors (Lipinski definition) is 7. The first-order valence-electron chi connectivity index (χ1n) is 36.4. The van der Waals surface area contributed by atoms with Crippen molar-refractivity contribution in [2.75, 3.05) is 52.0 Å². The third-order valence-corrected chi connectivity index (χ3v) is 23.4. The van der Waals surface area contributed by atoms with Gasteiger partial charge in [-0.25, -0.2) is 26.8 Å². The molecule has 7 heterocycles. The Morgan fingerprint density at radius 1 is 0.442 bits per heavy atom. The fraction of sp³-hybridized carbons (Fsp3) is 0.0805. The number of amides is 4. The van der Waals surface area contributed by atoms with E-state index >= 15 is 0 Å². The molecule has 25 nitrogen and oxygen atoms in total. The number of guanidine groups is 1. The van der Waals surface area contributed by atoms with Crippen molar-refractivity contribution in [1.29, 1.82) is 0 Å². The van der Waals surface area contributed by atoms with Crippen molar-refractivity contribution < 1.29 is 40.2 Å². The molecule has 8 aromatic carbocycles. The number of aliphatic imine (C=N–C) groups is 1. The second kappa shape index (κ2) is 41.0. The number of halogens is 5. The summed E-state index contributed by atoms with van der Waals surface area (Å²) in [6.45, 7) is 2.32. The van der Waals surface area contributed by atoms with E-state index in [1.54, 1.807) is 158 Å². The Kier molecular flexibility index (Phi) is 29.5. The largest absolute Gasteiger partial charge is 0.355 e. The lowest BCUT2D eigenvalue weighted by molar-refractivity contribution is 0.101. The summed E-state index contributed by atoms with van der Waals surface area (Å²) in [6.07, 6.45) is 10.6. The maximum absolute atomic E-state index is 12.7. The molecule has 0 bridgehead atoms. The minimum Gasteiger partial charge on any atom is -0.355 e. The zero-order valence-electron chi connectivity index (χ0n) is 63.6. The van der Waals surface area contributed by atoms with Gasteiger partial charge in [-0.3, -0.25) is 57.7 Å². The minimum absolute atomic E-state index is 0.0215. The molecular formula is C87H71Cl5N16O9S3. The average molecular weight is 1760 g/mol. The first kappa shape index (κ1) is 86.4. The first-order valence-corrected chi connectivity index (χ1v) is 43.1. The molecule has 1 aliphatic heterocycles. The summed E-state index contributed by atoms with van der Waals surface area (Å²) in [7, 11) is -6.91. The van der Waals surface area contributed by atoms with Gasteiger partial charge in [0.1, 0.15) is 6.33 Å². The Hall–Kier alpha value is -12.9. The number of nitrogens with zero attached hydrogens (tertiary/aromatic N) is 9. The number of H-pyrrole nitrogens is 1. The van der Waals surface area contributed by atoms with Crippen LogP contribution < -0.4 is 36.2 Å². The highest BCUT2D eigenvalue weighted by molar-refractivity contribution is 7.92. The van der Waals surface area contributed by atoms with E-state index in [9.17, 15) is 40.2 Å². The number of sulfonamides is 1. The van der Waals surface area contributed by atoms with Gasteiger partial charge in [0.25, 0.3) is 23.6 Å². The molecule has 15 rings (SSSR count). The zero-order chi connectivity index (χ0) is 84.7. The second-order valence-corrected chi connectivity index (χ2v) is 33.5. The number of benzene rings is 8. The van der Waals surface area contributed by atoms with E-state index in [0.29, 0.717) is 105 Å². The summed E-state index contributed by atoms with van der Waals surface area (Å²) >= 11 is 31.4. The first-order chi connectivity index (χ1) is 57.9. The number of carbonyl (C=O) groups excluding carboxylic acids is 4. The van der Waals surface area contributed by atoms with Gasteiger partial charge in [0.2, 0.25) is 15.2 Å². The van der Waals surface area contributed by atoms with Gasteiger partial charge in [0, 0.05) is 113 Å². The number of aromatic amines is 1. The van der Waals surface area contributed by atoms with Crippen LogP contribution in [0.15, 0.2) is 307 Å². The van der Waals surface area contributed by atoms with Crippen LogP contribution >= 0.6 is 58.0 Å². The van der Waals surface area contributed by atoms with Gasteiger partial charge in [0.15, 0.2) is 20.8 Å². The predicted molar refractivity (Wildman–Crippen MR) is 473 cm³/mol. The van der Waals surface area contributed by atoms with Gasteiger partial charge >= 0.3 is 0 Å². The fourth-order valence-corrected chi connectivity index (χ4v) is 15.4. The maximum atomic E-state index is 12.7. The molecule has 4 amide bonds. The molecule has 120 heavy (non-hydrogen) atoms. The highest BCUT2D eigenvalue weighted by atomic mass is 35.5. The summed E-state index contributed by atoms with van der Waals surface area (Å²) < 4.78 is 61.6. The Bertz CT molecular complexity index is 6250. The van der Waals surface area contributed by atoms with E-state index in [2.05, 4.69) is 77.0 Å². The van der Waals surface area contributed by atoms with Gasteiger partial charge in [-0.15, -0.1) is 0 Å². The minimum atomic E-state index is -3.56. The average Bonchev–Trinajstić information content (AvgIpc) is 1.00. The van der Waals surface area contributed by atoms with E-state index in [0.717, 1.165) is 63.3 Å². The molecule has 0 aliphatic carbocycles. The maximum Gasteiger partial charge on any atom is 0.257 e. The van der Waals surface area contributed by atoms with Crippen molar-refractivity contribution in [3.63, 3.8) is 0 Å². The number of pyridine rings is 5. The molecule has 14 aromatic rings. The Morgan fingerprint density at radius 2 is 0.842 bits per heavy atom. The fourth-order valence-electron chi connectivity index (χ4n) is 11.5. The summed E-state index contributed by atoms with van der Waals surface area (Å²) in [5.74, 6) is -0.291. The van der Waals surface area contributed by atoms with Crippen LogP contribution in [0.4, 0.5) is 28.4 Å². The van der Waals surface area contributed by atoms with Crippen molar-refractivity contribution >= 4 is 147 Å². The molecule has 1 atom stereocenters. The molecule has 0 radical (unpaired) electrons. The van der Waals surface area contributed by atoms with E-state index in [1.165, 1.54) is 43.8 Å². The van der Waals surface area contributed by atoms with E-state index in [1.807, 2.05) is 97.1 Å². The Labute approximate surface area is 718 Å². The van der Waals surface area contributed by atoms with Gasteiger partial charge in [-0.1, -0.05) is 125 Å². The van der Waals surface area contributed by atoms with Gasteiger partial charge in [0.05, 0.1) is 94.2 Å². The number of nitrogens with one attached hydrogen (secondary N) is 7.